The number of nitrogens with one attached hydrogen (secondary N) is 2. The summed E-state index contributed by atoms with van der Waals surface area (Å²) < 4.78 is 64.0. The molecule has 1 heterocycles. The van der Waals surface area contributed by atoms with Crippen molar-refractivity contribution in [3.63, 3.8) is 0 Å². The minimum Gasteiger partial charge on any atom is -0.247 e. The van der Waals surface area contributed by atoms with Crippen LogP contribution in [0.2, 0.25) is 0 Å². The van der Waals surface area contributed by atoms with Crippen molar-refractivity contribution in [1.82, 2.24) is 15.2 Å². The number of nitrogens with zero attached hydrogens (tertiary/aromatic N) is 2. The summed E-state index contributed by atoms with van der Waals surface area (Å²) in [6, 6.07) is 1.11. The third-order valence-electron chi connectivity index (χ3n) is 1.94. The second kappa shape index (κ2) is 4.29. The first-order chi connectivity index (χ1) is 8.42. The third kappa shape index (κ3) is 2.14. The summed E-state index contributed by atoms with van der Waals surface area (Å²) in [7, 11) is -4.42. The molecule has 96 valence electrons. The number of hydrogen-bond donors (Lipinski definition) is 2. The molecule has 10 heteroatoms. The molecule has 0 unspecified atom stereocenters. The van der Waals surface area contributed by atoms with Crippen LogP contribution in [0.3, 0.4) is 0 Å². The van der Waals surface area contributed by atoms with E-state index >= 15 is 0 Å². The van der Waals surface area contributed by atoms with Crippen LogP contribution in [0.5, 0.6) is 0 Å². The zero-order valence-corrected chi connectivity index (χ0v) is 9.30. The molecule has 0 saturated carbocycles. The van der Waals surface area contributed by atoms with Gasteiger partial charge in [0.25, 0.3) is 10.0 Å². The Hall–Kier alpha value is -2.10. The number of halogens is 3. The molecule has 2 N–H and O–H groups in total. The molecule has 2 rings (SSSR count). The van der Waals surface area contributed by atoms with Gasteiger partial charge in [-0.1, -0.05) is 0 Å². The topological polar surface area (TPSA) is 87.7 Å². The van der Waals surface area contributed by atoms with E-state index in [4.69, 9.17) is 0 Å². The predicted octanol–water partition coefficient (Wildman–Crippen LogP) is 1.02. The lowest BCUT2D eigenvalue weighted by Crippen LogP contribution is -2.16. The average Bonchev–Trinajstić information content (AvgIpc) is 2.77. The van der Waals surface area contributed by atoms with Gasteiger partial charge in [-0.2, -0.15) is 10.1 Å². The molecule has 0 spiro atoms. The Kier molecular flexibility index (Phi) is 2.95. The summed E-state index contributed by atoms with van der Waals surface area (Å²) in [5, 5.41) is 5.53. The van der Waals surface area contributed by atoms with Crippen LogP contribution in [0.25, 0.3) is 0 Å². The van der Waals surface area contributed by atoms with Crippen molar-refractivity contribution in [2.75, 3.05) is 4.72 Å². The monoisotopic (exact) mass is 278 g/mol. The van der Waals surface area contributed by atoms with Gasteiger partial charge in [-0.25, -0.2) is 31.4 Å². The van der Waals surface area contributed by atoms with Crippen LogP contribution < -0.4 is 4.72 Å². The Bertz CT molecular complexity index is 672. The average molecular weight is 278 g/mol. The first kappa shape index (κ1) is 12.4. The van der Waals surface area contributed by atoms with Crippen LogP contribution >= 0.6 is 0 Å². The lowest BCUT2D eigenvalue weighted by Gasteiger charge is -2.06. The molecule has 0 saturated heterocycles. The molecular formula is C8H5F3N4O2S. The van der Waals surface area contributed by atoms with Crippen molar-refractivity contribution < 1.29 is 21.6 Å². The van der Waals surface area contributed by atoms with E-state index in [9.17, 15) is 21.6 Å². The van der Waals surface area contributed by atoms with Crippen LogP contribution in [-0.2, 0) is 10.0 Å². The fraction of sp³-hybridized carbons (Fsp3) is 0. The van der Waals surface area contributed by atoms with Crippen molar-refractivity contribution >= 4 is 16.0 Å². The Labute approximate surface area is 98.9 Å². The van der Waals surface area contributed by atoms with Crippen LogP contribution in [0, 0.1) is 17.5 Å². The summed E-state index contributed by atoms with van der Waals surface area (Å²) in [4.78, 5) is 2.42. The van der Waals surface area contributed by atoms with Crippen molar-refractivity contribution in [1.29, 1.82) is 0 Å². The molecule has 0 aliphatic carbocycles. The minimum absolute atomic E-state index is 0.279. The zero-order valence-electron chi connectivity index (χ0n) is 8.49. The summed E-state index contributed by atoms with van der Waals surface area (Å²) in [6.45, 7) is 0. The second-order valence-corrected chi connectivity index (χ2v) is 4.76. The zero-order chi connectivity index (χ0) is 13.3. The van der Waals surface area contributed by atoms with Gasteiger partial charge < -0.3 is 0 Å². The van der Waals surface area contributed by atoms with E-state index in [1.807, 2.05) is 4.72 Å². The Morgan fingerprint density at radius 1 is 1.17 bits per heavy atom. The molecule has 0 amide bonds. The largest absolute Gasteiger partial charge is 0.267 e. The number of benzene rings is 1. The summed E-state index contributed by atoms with van der Waals surface area (Å²) in [5.74, 6) is -5.43. The number of H-pyrrole nitrogens is 1. The number of anilines is 1. The standard InChI is InChI=1S/C8H5F3N4O2S/c9-4-1-2-5(7(11)6(4)10)18(16,17)15-8-12-3-13-14-8/h1-3H,(H2,12,13,14,15). The highest BCUT2D eigenvalue weighted by Gasteiger charge is 2.24. The highest BCUT2D eigenvalue weighted by Crippen LogP contribution is 2.20. The van der Waals surface area contributed by atoms with Crippen molar-refractivity contribution in [3.05, 3.63) is 35.9 Å². The summed E-state index contributed by atoms with van der Waals surface area (Å²) in [6.07, 6.45) is 1.01. The van der Waals surface area contributed by atoms with Gasteiger partial charge in [-0.3, -0.25) is 0 Å². The maximum absolute atomic E-state index is 13.3. The van der Waals surface area contributed by atoms with Crippen LogP contribution in [-0.4, -0.2) is 23.6 Å². The quantitative estimate of drug-likeness (QED) is 0.821. The van der Waals surface area contributed by atoms with Crippen molar-refractivity contribution in [3.8, 4) is 0 Å². The summed E-state index contributed by atoms with van der Waals surface area (Å²) >= 11 is 0. The number of aromatic nitrogens is 3. The maximum atomic E-state index is 13.3. The molecule has 18 heavy (non-hydrogen) atoms. The van der Waals surface area contributed by atoms with Gasteiger partial charge in [0.15, 0.2) is 17.5 Å². The van der Waals surface area contributed by atoms with E-state index in [2.05, 4.69) is 15.2 Å². The van der Waals surface area contributed by atoms with E-state index < -0.39 is 32.4 Å². The first-order valence-electron chi connectivity index (χ1n) is 4.43. The number of sulfonamides is 1. The predicted molar refractivity (Wildman–Crippen MR) is 53.5 cm³/mol. The van der Waals surface area contributed by atoms with Gasteiger partial charge in [0, 0.05) is 0 Å². The summed E-state index contributed by atoms with van der Waals surface area (Å²) in [5.41, 5.74) is 0. The number of aromatic amines is 1. The lowest BCUT2D eigenvalue weighted by atomic mass is 10.3. The van der Waals surface area contributed by atoms with E-state index in [0.717, 1.165) is 6.33 Å². The number of hydrogen-bond acceptors (Lipinski definition) is 4. The molecule has 0 aliphatic rings. The first-order valence-corrected chi connectivity index (χ1v) is 5.92. The van der Waals surface area contributed by atoms with E-state index in [1.165, 1.54) is 0 Å². The van der Waals surface area contributed by atoms with Crippen LogP contribution in [0.4, 0.5) is 19.1 Å². The smallest absolute Gasteiger partial charge is 0.247 e. The SMILES string of the molecule is O=S(=O)(Nc1ncn[nH]1)c1ccc(F)c(F)c1F. The van der Waals surface area contributed by atoms with Gasteiger partial charge in [-0.15, -0.1) is 0 Å². The molecule has 0 atom stereocenters. The number of rotatable bonds is 3. The van der Waals surface area contributed by atoms with Gasteiger partial charge in [-0.05, 0) is 12.1 Å². The molecule has 0 aliphatic heterocycles. The van der Waals surface area contributed by atoms with E-state index in [-0.39, 0.29) is 5.95 Å². The fourth-order valence-electron chi connectivity index (χ4n) is 1.15. The third-order valence-corrected chi connectivity index (χ3v) is 3.29. The van der Waals surface area contributed by atoms with Gasteiger partial charge >= 0.3 is 0 Å². The van der Waals surface area contributed by atoms with E-state index in [1.54, 1.807) is 0 Å². The van der Waals surface area contributed by atoms with E-state index in [0.29, 0.717) is 12.1 Å². The maximum Gasteiger partial charge on any atom is 0.267 e. The lowest BCUT2D eigenvalue weighted by molar-refractivity contribution is 0.432. The van der Waals surface area contributed by atoms with Crippen LogP contribution in [0.1, 0.15) is 0 Å². The highest BCUT2D eigenvalue weighted by molar-refractivity contribution is 7.92. The fourth-order valence-corrected chi connectivity index (χ4v) is 2.19. The van der Waals surface area contributed by atoms with Gasteiger partial charge in [0.05, 0.1) is 0 Å². The molecule has 1 aromatic carbocycles. The minimum atomic E-state index is -4.42. The molecular weight excluding hydrogens is 273 g/mol. The molecule has 1 aromatic heterocycles. The van der Waals surface area contributed by atoms with Gasteiger partial charge in [0.1, 0.15) is 11.2 Å². The Morgan fingerprint density at radius 3 is 2.50 bits per heavy atom. The molecule has 0 fully saturated rings. The van der Waals surface area contributed by atoms with Gasteiger partial charge in [0.2, 0.25) is 5.95 Å². The second-order valence-electron chi connectivity index (χ2n) is 3.11. The molecule has 0 bridgehead atoms. The Balaban J connectivity index is 2.45. The molecule has 2 aromatic rings. The van der Waals surface area contributed by atoms with Crippen molar-refractivity contribution in [2.45, 2.75) is 4.90 Å². The van der Waals surface area contributed by atoms with Crippen molar-refractivity contribution in [2.24, 2.45) is 0 Å². The molecule has 0 radical (unpaired) electrons. The highest BCUT2D eigenvalue weighted by atomic mass is 32.2. The Morgan fingerprint density at radius 2 is 1.89 bits per heavy atom. The van der Waals surface area contributed by atoms with Crippen LogP contribution in [0.15, 0.2) is 23.4 Å². The normalized spacial score (nSPS) is 11.5. The molecule has 6 nitrogen and oxygen atoms in total.